The van der Waals surface area contributed by atoms with Crippen molar-refractivity contribution in [2.24, 2.45) is 0 Å². The molecule has 196 valence electrons. The van der Waals surface area contributed by atoms with Crippen molar-refractivity contribution in [1.82, 2.24) is 39.5 Å². The number of rotatable bonds is 4. The molecule has 0 atom stereocenters. The molecule has 37 heavy (non-hydrogen) atoms. The SMILES string of the molecule is C=CCn1c(I)nc2c(N3CCOCC3)nc(Cl)nc21.Clc1nc(N2CCOCC2)c2[nH]c(I)nc2n1. The molecule has 2 fully saturated rings. The Bertz CT molecular complexity index is 1420. The van der Waals surface area contributed by atoms with Gasteiger partial charge < -0.3 is 24.3 Å². The van der Waals surface area contributed by atoms with Gasteiger partial charge in [0.25, 0.3) is 0 Å². The zero-order valence-corrected chi connectivity index (χ0v) is 25.3. The Morgan fingerprint density at radius 2 is 1.43 bits per heavy atom. The van der Waals surface area contributed by atoms with Crippen LogP contribution in [0.1, 0.15) is 0 Å². The molecule has 0 unspecified atom stereocenters. The summed E-state index contributed by atoms with van der Waals surface area (Å²) in [6, 6.07) is 0. The summed E-state index contributed by atoms with van der Waals surface area (Å²) in [4.78, 5) is 33.3. The van der Waals surface area contributed by atoms with Gasteiger partial charge in [-0.1, -0.05) is 6.08 Å². The van der Waals surface area contributed by atoms with Crippen LogP contribution in [0.4, 0.5) is 11.6 Å². The molecule has 1 N–H and O–H groups in total. The van der Waals surface area contributed by atoms with Crippen LogP contribution < -0.4 is 9.80 Å². The second-order valence-corrected chi connectivity index (χ2v) is 10.7. The van der Waals surface area contributed by atoms with Gasteiger partial charge in [-0.3, -0.25) is 4.57 Å². The Morgan fingerprint density at radius 1 is 0.838 bits per heavy atom. The second kappa shape index (κ2) is 12.1. The topological polar surface area (TPSA) is 123 Å². The van der Waals surface area contributed by atoms with Gasteiger partial charge in [-0.25, -0.2) is 9.97 Å². The molecule has 2 aliphatic rings. The van der Waals surface area contributed by atoms with E-state index in [9.17, 15) is 0 Å². The van der Waals surface area contributed by atoms with Crippen molar-refractivity contribution in [3.63, 3.8) is 0 Å². The lowest BCUT2D eigenvalue weighted by Gasteiger charge is -2.27. The average molecular weight is 771 g/mol. The van der Waals surface area contributed by atoms with Crippen LogP contribution in [0.5, 0.6) is 0 Å². The highest BCUT2D eigenvalue weighted by atomic mass is 127. The molecular weight excluding hydrogens is 749 g/mol. The first-order valence-corrected chi connectivity index (χ1v) is 14.3. The van der Waals surface area contributed by atoms with Crippen molar-refractivity contribution in [3.05, 3.63) is 30.9 Å². The summed E-state index contributed by atoms with van der Waals surface area (Å²) >= 11 is 16.3. The average Bonchev–Trinajstić information content (AvgIpc) is 3.43. The minimum Gasteiger partial charge on any atom is -0.378 e. The fraction of sp³-hybridized carbons (Fsp3) is 0.429. The van der Waals surface area contributed by atoms with Gasteiger partial charge >= 0.3 is 0 Å². The standard InChI is InChI=1S/C12H13ClIN5O.C9H9ClIN5O/c1-2-3-19-10-8(15-12(19)14)9(16-11(13)17-10)18-4-6-20-7-5-18;10-8-13-6-5(12-9(11)14-6)7(15-8)16-1-3-17-4-2-16/h2H,1,3-7H2;1-4H2,(H,12,13,14,15). The van der Waals surface area contributed by atoms with Crippen LogP contribution in [-0.2, 0) is 16.0 Å². The van der Waals surface area contributed by atoms with E-state index in [0.29, 0.717) is 38.6 Å². The van der Waals surface area contributed by atoms with Crippen LogP contribution in [0, 0.1) is 7.66 Å². The number of nitrogens with one attached hydrogen (secondary N) is 1. The molecule has 0 aliphatic carbocycles. The Balaban J connectivity index is 0.000000153. The smallest absolute Gasteiger partial charge is 0.226 e. The van der Waals surface area contributed by atoms with Crippen molar-refractivity contribution in [2.45, 2.75) is 6.54 Å². The maximum atomic E-state index is 6.07. The van der Waals surface area contributed by atoms with Crippen LogP contribution in [-0.4, -0.2) is 92.1 Å². The molecule has 0 radical (unpaired) electrons. The van der Waals surface area contributed by atoms with Crippen LogP contribution in [0.2, 0.25) is 10.6 Å². The summed E-state index contributed by atoms with van der Waals surface area (Å²) in [5.41, 5.74) is 2.97. The normalized spacial score (nSPS) is 16.2. The first-order valence-electron chi connectivity index (χ1n) is 11.4. The first kappa shape index (κ1) is 27.0. The number of allylic oxidation sites excluding steroid dienone is 1. The van der Waals surface area contributed by atoms with Gasteiger partial charge in [0, 0.05) is 55.3 Å². The van der Waals surface area contributed by atoms with Crippen molar-refractivity contribution in [2.75, 3.05) is 62.4 Å². The van der Waals surface area contributed by atoms with Gasteiger partial charge in [0.1, 0.15) is 5.52 Å². The minimum atomic E-state index is 0.224. The Morgan fingerprint density at radius 3 is 2.08 bits per heavy atom. The number of morpholine rings is 2. The van der Waals surface area contributed by atoms with E-state index in [1.165, 1.54) is 0 Å². The highest BCUT2D eigenvalue weighted by Crippen LogP contribution is 2.27. The number of fused-ring (bicyclic) bond motifs is 2. The molecule has 2 aliphatic heterocycles. The molecule has 0 aromatic carbocycles. The molecule has 6 heterocycles. The molecule has 0 spiro atoms. The largest absolute Gasteiger partial charge is 0.378 e. The number of H-pyrrole nitrogens is 1. The number of hydrogen-bond acceptors (Lipinski definition) is 10. The summed E-state index contributed by atoms with van der Waals surface area (Å²) in [7, 11) is 0. The lowest BCUT2D eigenvalue weighted by molar-refractivity contribution is 0.122. The van der Waals surface area contributed by atoms with Crippen LogP contribution in [0.15, 0.2) is 12.7 Å². The molecule has 6 rings (SSSR count). The fourth-order valence-corrected chi connectivity index (χ4v) is 5.54. The van der Waals surface area contributed by atoms with E-state index in [1.807, 2.05) is 10.6 Å². The van der Waals surface area contributed by atoms with Crippen molar-refractivity contribution >= 4 is 102 Å². The minimum absolute atomic E-state index is 0.224. The van der Waals surface area contributed by atoms with E-state index in [2.05, 4.69) is 96.4 Å². The van der Waals surface area contributed by atoms with Crippen LogP contribution in [0.3, 0.4) is 0 Å². The number of aromatic nitrogens is 8. The van der Waals surface area contributed by atoms with E-state index in [4.69, 9.17) is 32.7 Å². The van der Waals surface area contributed by atoms with Gasteiger partial charge in [-0.15, -0.1) is 6.58 Å². The third-order valence-electron chi connectivity index (χ3n) is 5.71. The third-order valence-corrected chi connectivity index (χ3v) is 7.38. The molecule has 4 aromatic heterocycles. The van der Waals surface area contributed by atoms with E-state index in [-0.39, 0.29) is 10.6 Å². The van der Waals surface area contributed by atoms with Gasteiger partial charge in [0.2, 0.25) is 10.6 Å². The van der Waals surface area contributed by atoms with Crippen molar-refractivity contribution in [1.29, 1.82) is 0 Å². The molecule has 0 saturated carbocycles. The lowest BCUT2D eigenvalue weighted by Crippen LogP contribution is -2.37. The van der Waals surface area contributed by atoms with Gasteiger partial charge in [-0.05, 0) is 45.8 Å². The maximum Gasteiger partial charge on any atom is 0.226 e. The fourth-order valence-electron chi connectivity index (χ4n) is 4.05. The lowest BCUT2D eigenvalue weighted by atomic mass is 10.3. The molecular formula is C21H22Cl2I2N10O2. The molecule has 4 aromatic rings. The summed E-state index contributed by atoms with van der Waals surface area (Å²) in [5, 5.41) is 0.461. The van der Waals surface area contributed by atoms with Crippen molar-refractivity contribution in [3.8, 4) is 0 Å². The highest BCUT2D eigenvalue weighted by Gasteiger charge is 2.22. The van der Waals surface area contributed by atoms with Gasteiger partial charge in [0.15, 0.2) is 36.1 Å². The predicted octanol–water partition coefficient (Wildman–Crippen LogP) is 3.55. The number of aromatic amines is 1. The van der Waals surface area contributed by atoms with Gasteiger partial charge in [0.05, 0.1) is 26.4 Å². The zero-order chi connectivity index (χ0) is 25.9. The number of hydrogen-bond donors (Lipinski definition) is 1. The summed E-state index contributed by atoms with van der Waals surface area (Å²) in [6.07, 6.45) is 1.81. The zero-order valence-electron chi connectivity index (χ0n) is 19.5. The predicted molar refractivity (Wildman–Crippen MR) is 159 cm³/mol. The maximum absolute atomic E-state index is 6.07. The summed E-state index contributed by atoms with van der Waals surface area (Å²) in [6.45, 7) is 10.4. The highest BCUT2D eigenvalue weighted by molar-refractivity contribution is 14.1. The van der Waals surface area contributed by atoms with E-state index < -0.39 is 0 Å². The molecule has 0 amide bonds. The molecule has 16 heteroatoms. The number of nitrogens with zero attached hydrogens (tertiary/aromatic N) is 9. The molecule has 12 nitrogen and oxygen atoms in total. The van der Waals surface area contributed by atoms with E-state index in [1.54, 1.807) is 0 Å². The summed E-state index contributed by atoms with van der Waals surface area (Å²) in [5.74, 6) is 1.59. The van der Waals surface area contributed by atoms with E-state index in [0.717, 1.165) is 62.2 Å². The Hall–Kier alpha value is -1.60. The van der Waals surface area contributed by atoms with Crippen LogP contribution in [0.25, 0.3) is 22.3 Å². The van der Waals surface area contributed by atoms with Crippen molar-refractivity contribution < 1.29 is 9.47 Å². The first-order chi connectivity index (χ1) is 17.9. The number of ether oxygens (including phenoxy) is 2. The molecule has 2 saturated heterocycles. The quantitative estimate of drug-likeness (QED) is 0.143. The second-order valence-electron chi connectivity index (χ2n) is 8.01. The molecule has 0 bridgehead atoms. The Labute approximate surface area is 249 Å². The Kier molecular flexibility index (Phi) is 8.80. The number of imidazole rings is 2. The van der Waals surface area contributed by atoms with E-state index >= 15 is 0 Å². The number of anilines is 2. The monoisotopic (exact) mass is 770 g/mol. The van der Waals surface area contributed by atoms with Crippen LogP contribution >= 0.6 is 68.4 Å². The van der Waals surface area contributed by atoms with Gasteiger partial charge in [-0.2, -0.15) is 19.9 Å². The number of halogens is 4. The summed E-state index contributed by atoms with van der Waals surface area (Å²) < 4.78 is 14.3. The third kappa shape index (κ3) is 6.03.